The van der Waals surface area contributed by atoms with E-state index in [9.17, 15) is 0 Å². The fourth-order valence-corrected chi connectivity index (χ4v) is 3.58. The van der Waals surface area contributed by atoms with E-state index in [1.807, 2.05) is 42.0 Å². The molecule has 0 aromatic carbocycles. The number of imidazole rings is 1. The second-order valence-electron chi connectivity index (χ2n) is 8.06. The molecule has 0 radical (unpaired) electrons. The van der Waals surface area contributed by atoms with Crippen LogP contribution in [0.2, 0.25) is 0 Å². The molecule has 0 saturated carbocycles. The molecule has 0 atom stereocenters. The van der Waals surface area contributed by atoms with E-state index in [1.54, 1.807) is 29.5 Å². The minimum atomic E-state index is 0.187. The van der Waals surface area contributed by atoms with Gasteiger partial charge >= 0.3 is 0 Å². The zero-order valence-corrected chi connectivity index (χ0v) is 18.6. The lowest BCUT2D eigenvalue weighted by Gasteiger charge is -2.12. The SMILES string of the molecule is Cc1cc(N)n(-c2nc(NCc3ccc(-c4cccnc4)nc3)c3ncn(C(C)C)c3n2)n1. The number of nitrogens with one attached hydrogen (secondary N) is 1. The normalized spacial score (nSPS) is 11.4. The molecule has 0 aliphatic carbocycles. The Bertz CT molecular complexity index is 1400. The van der Waals surface area contributed by atoms with Crippen molar-refractivity contribution in [1.29, 1.82) is 0 Å². The number of nitrogens with two attached hydrogens (primary N) is 1. The second-order valence-corrected chi connectivity index (χ2v) is 8.06. The van der Waals surface area contributed by atoms with Crippen LogP contribution in [0.1, 0.15) is 31.1 Å². The molecule has 5 heterocycles. The number of aromatic nitrogens is 8. The summed E-state index contributed by atoms with van der Waals surface area (Å²) in [6.45, 7) is 6.56. The zero-order chi connectivity index (χ0) is 22.9. The van der Waals surface area contributed by atoms with Gasteiger partial charge in [0.15, 0.2) is 17.0 Å². The average Bonchev–Trinajstić information content (AvgIpc) is 3.41. The Morgan fingerprint density at radius 1 is 1.09 bits per heavy atom. The molecule has 166 valence electrons. The van der Waals surface area contributed by atoms with E-state index in [4.69, 9.17) is 15.7 Å². The molecule has 5 rings (SSSR count). The first-order valence-corrected chi connectivity index (χ1v) is 10.7. The molecule has 10 heteroatoms. The first kappa shape index (κ1) is 20.6. The van der Waals surface area contributed by atoms with Crippen molar-refractivity contribution in [2.75, 3.05) is 11.1 Å². The molecule has 0 saturated heterocycles. The van der Waals surface area contributed by atoms with Gasteiger partial charge in [-0.1, -0.05) is 6.07 Å². The Labute approximate surface area is 190 Å². The fraction of sp³-hybridized carbons (Fsp3) is 0.217. The highest BCUT2D eigenvalue weighted by Gasteiger charge is 2.17. The van der Waals surface area contributed by atoms with Crippen LogP contribution < -0.4 is 11.1 Å². The van der Waals surface area contributed by atoms with Crippen LogP contribution in [0.3, 0.4) is 0 Å². The third kappa shape index (κ3) is 3.98. The van der Waals surface area contributed by atoms with E-state index in [2.05, 4.69) is 39.2 Å². The van der Waals surface area contributed by atoms with Crippen molar-refractivity contribution in [2.45, 2.75) is 33.4 Å². The topological polar surface area (TPSA) is 125 Å². The predicted octanol–water partition coefficient (Wildman–Crippen LogP) is 3.55. The average molecular weight is 441 g/mol. The number of nitrogens with zero attached hydrogens (tertiary/aromatic N) is 8. The Hall–Kier alpha value is -4.34. The molecular weight excluding hydrogens is 416 g/mol. The van der Waals surface area contributed by atoms with Crippen molar-refractivity contribution < 1.29 is 0 Å². The summed E-state index contributed by atoms with van der Waals surface area (Å²) in [7, 11) is 0. The molecule has 5 aromatic heterocycles. The summed E-state index contributed by atoms with van der Waals surface area (Å²) in [4.78, 5) is 22.7. The van der Waals surface area contributed by atoms with Gasteiger partial charge in [-0.05, 0) is 44.5 Å². The van der Waals surface area contributed by atoms with Gasteiger partial charge in [-0.25, -0.2) is 4.98 Å². The zero-order valence-electron chi connectivity index (χ0n) is 18.6. The molecule has 3 N–H and O–H groups in total. The highest BCUT2D eigenvalue weighted by atomic mass is 15.4. The monoisotopic (exact) mass is 440 g/mol. The van der Waals surface area contributed by atoms with Crippen LogP contribution in [0.4, 0.5) is 11.6 Å². The maximum Gasteiger partial charge on any atom is 0.256 e. The van der Waals surface area contributed by atoms with E-state index in [-0.39, 0.29) is 6.04 Å². The first-order chi connectivity index (χ1) is 16.0. The number of rotatable bonds is 6. The van der Waals surface area contributed by atoms with E-state index in [1.165, 1.54) is 0 Å². The van der Waals surface area contributed by atoms with Crippen molar-refractivity contribution in [3.63, 3.8) is 0 Å². The van der Waals surface area contributed by atoms with Gasteiger partial charge in [-0.3, -0.25) is 9.97 Å². The molecule has 0 aliphatic rings. The van der Waals surface area contributed by atoms with Gasteiger partial charge in [0, 0.05) is 42.8 Å². The van der Waals surface area contributed by atoms with Crippen molar-refractivity contribution in [3.8, 4) is 17.2 Å². The molecule has 0 unspecified atom stereocenters. The largest absolute Gasteiger partial charge is 0.383 e. The minimum absolute atomic E-state index is 0.187. The van der Waals surface area contributed by atoms with Gasteiger partial charge in [-0.15, -0.1) is 0 Å². The molecule has 0 spiro atoms. The van der Waals surface area contributed by atoms with Gasteiger partial charge in [0.05, 0.1) is 17.7 Å². The Morgan fingerprint density at radius 2 is 1.97 bits per heavy atom. The molecule has 0 amide bonds. The molecule has 33 heavy (non-hydrogen) atoms. The van der Waals surface area contributed by atoms with Crippen LogP contribution in [0.5, 0.6) is 0 Å². The molecule has 0 aliphatic heterocycles. The number of aryl methyl sites for hydroxylation is 1. The molecule has 5 aromatic rings. The quantitative estimate of drug-likeness (QED) is 0.411. The highest BCUT2D eigenvalue weighted by molar-refractivity contribution is 5.83. The van der Waals surface area contributed by atoms with E-state index < -0.39 is 0 Å². The van der Waals surface area contributed by atoms with Crippen molar-refractivity contribution in [3.05, 3.63) is 66.5 Å². The third-order valence-electron chi connectivity index (χ3n) is 5.26. The third-order valence-corrected chi connectivity index (χ3v) is 5.26. The van der Waals surface area contributed by atoms with Gasteiger partial charge in [-0.2, -0.15) is 19.7 Å². The maximum atomic E-state index is 6.13. The Balaban J connectivity index is 1.47. The number of anilines is 2. The Morgan fingerprint density at radius 3 is 2.64 bits per heavy atom. The van der Waals surface area contributed by atoms with Crippen LogP contribution in [0.25, 0.3) is 28.4 Å². The lowest BCUT2D eigenvalue weighted by Crippen LogP contribution is -2.11. The van der Waals surface area contributed by atoms with Crippen molar-refractivity contribution >= 4 is 22.8 Å². The number of nitrogen functional groups attached to an aromatic ring is 1. The molecule has 0 fully saturated rings. The summed E-state index contributed by atoms with van der Waals surface area (Å²) >= 11 is 0. The smallest absolute Gasteiger partial charge is 0.256 e. The fourth-order valence-electron chi connectivity index (χ4n) is 3.58. The van der Waals surface area contributed by atoms with Gasteiger partial charge in [0.2, 0.25) is 0 Å². The van der Waals surface area contributed by atoms with E-state index >= 15 is 0 Å². The second kappa shape index (κ2) is 8.30. The lowest BCUT2D eigenvalue weighted by molar-refractivity contribution is 0.611. The van der Waals surface area contributed by atoms with Gasteiger partial charge < -0.3 is 15.6 Å². The number of pyridine rings is 2. The van der Waals surface area contributed by atoms with Crippen molar-refractivity contribution in [1.82, 2.24) is 39.3 Å². The highest BCUT2D eigenvalue weighted by Crippen LogP contribution is 2.24. The van der Waals surface area contributed by atoms with Crippen molar-refractivity contribution in [2.24, 2.45) is 0 Å². The minimum Gasteiger partial charge on any atom is -0.383 e. The van der Waals surface area contributed by atoms with Crippen LogP contribution in [-0.4, -0.2) is 39.3 Å². The van der Waals surface area contributed by atoms with Crippen LogP contribution in [0, 0.1) is 6.92 Å². The summed E-state index contributed by atoms with van der Waals surface area (Å²) < 4.78 is 3.55. The molecule has 10 nitrogen and oxygen atoms in total. The first-order valence-electron chi connectivity index (χ1n) is 10.7. The molecular formula is C23H24N10. The lowest BCUT2D eigenvalue weighted by atomic mass is 10.1. The summed E-state index contributed by atoms with van der Waals surface area (Å²) in [5.41, 5.74) is 11.2. The number of fused-ring (bicyclic) bond motifs is 1. The predicted molar refractivity (Wildman–Crippen MR) is 127 cm³/mol. The van der Waals surface area contributed by atoms with Gasteiger partial charge in [0.1, 0.15) is 5.82 Å². The van der Waals surface area contributed by atoms with Crippen LogP contribution in [0.15, 0.2) is 55.2 Å². The summed E-state index contributed by atoms with van der Waals surface area (Å²) in [5, 5.41) is 7.83. The van der Waals surface area contributed by atoms with Gasteiger partial charge in [0.25, 0.3) is 5.95 Å². The summed E-state index contributed by atoms with van der Waals surface area (Å²) in [5.74, 6) is 1.48. The van der Waals surface area contributed by atoms with Crippen LogP contribution in [-0.2, 0) is 6.54 Å². The summed E-state index contributed by atoms with van der Waals surface area (Å²) in [6, 6.07) is 9.87. The standard InChI is InChI=1S/C23H24N10/c1-14(2)32-13-28-20-21(29-23(30-22(20)32)33-19(24)9-15(3)31-33)27-11-16-6-7-18(26-10-16)17-5-4-8-25-12-17/h4-10,12-14H,11,24H2,1-3H3,(H,27,29,30). The van der Waals surface area contributed by atoms with E-state index in [0.29, 0.717) is 29.6 Å². The molecule has 0 bridgehead atoms. The van der Waals surface area contributed by atoms with Crippen LogP contribution >= 0.6 is 0 Å². The summed E-state index contributed by atoms with van der Waals surface area (Å²) in [6.07, 6.45) is 7.17. The Kier molecular flexibility index (Phi) is 5.17. The number of hydrogen-bond donors (Lipinski definition) is 2. The van der Waals surface area contributed by atoms with E-state index in [0.717, 1.165) is 28.2 Å². The number of hydrogen-bond acceptors (Lipinski definition) is 8. The maximum absolute atomic E-state index is 6.13.